The number of ether oxygens (including phenoxy) is 1. The summed E-state index contributed by atoms with van der Waals surface area (Å²) < 4.78 is 5.79. The Morgan fingerprint density at radius 3 is 2.96 bits per heavy atom. The van der Waals surface area contributed by atoms with Gasteiger partial charge < -0.3 is 9.72 Å². The molecular weight excluding hydrogens is 328 g/mol. The second-order valence-corrected chi connectivity index (χ2v) is 6.01. The number of H-pyrrole nitrogens is 1. The van der Waals surface area contributed by atoms with Crippen LogP contribution in [0.25, 0.3) is 5.57 Å². The van der Waals surface area contributed by atoms with Gasteiger partial charge in [0, 0.05) is 24.0 Å². The van der Waals surface area contributed by atoms with Crippen LogP contribution in [0.2, 0.25) is 5.15 Å². The Hall–Kier alpha value is -2.40. The van der Waals surface area contributed by atoms with E-state index in [1.807, 2.05) is 12.1 Å². The number of halogens is 1. The van der Waals surface area contributed by atoms with Crippen LogP contribution in [0.15, 0.2) is 41.0 Å². The number of nitrogens with zero attached hydrogens (tertiary/aromatic N) is 1. The normalized spacial score (nSPS) is 14.5. The molecule has 6 heteroatoms. The summed E-state index contributed by atoms with van der Waals surface area (Å²) in [7, 11) is 0. The molecule has 0 bridgehead atoms. The number of carbonyl (C=O) groups excluding carboxylic acids is 1. The van der Waals surface area contributed by atoms with Crippen LogP contribution in [0.5, 0.6) is 5.75 Å². The van der Waals surface area contributed by atoms with Crippen molar-refractivity contribution in [3.63, 3.8) is 0 Å². The van der Waals surface area contributed by atoms with E-state index in [1.54, 1.807) is 6.20 Å². The summed E-state index contributed by atoms with van der Waals surface area (Å²) in [6.07, 6.45) is 7.75. The number of aldehydes is 1. The van der Waals surface area contributed by atoms with E-state index in [0.717, 1.165) is 42.4 Å². The molecule has 1 N–H and O–H groups in total. The molecule has 2 aromatic heterocycles. The zero-order valence-electron chi connectivity index (χ0n) is 13.0. The fraction of sp³-hybridized carbons (Fsp3) is 0.278. The first-order chi connectivity index (χ1) is 11.7. The Bertz CT molecular complexity index is 842. The van der Waals surface area contributed by atoms with Gasteiger partial charge in [0.15, 0.2) is 6.29 Å². The molecule has 2 aromatic rings. The summed E-state index contributed by atoms with van der Waals surface area (Å²) in [4.78, 5) is 29.0. The smallest absolute Gasteiger partial charge is 0.248 e. The molecule has 0 fully saturated rings. The van der Waals surface area contributed by atoms with E-state index in [-0.39, 0.29) is 11.1 Å². The van der Waals surface area contributed by atoms with E-state index in [1.165, 1.54) is 12.3 Å². The van der Waals surface area contributed by atoms with Gasteiger partial charge in [-0.1, -0.05) is 17.7 Å². The van der Waals surface area contributed by atoms with E-state index in [2.05, 4.69) is 9.97 Å². The quantitative estimate of drug-likeness (QED) is 0.664. The fourth-order valence-corrected chi connectivity index (χ4v) is 3.15. The maximum atomic E-state index is 11.3. The van der Waals surface area contributed by atoms with Gasteiger partial charge in [-0.15, -0.1) is 0 Å². The largest absolute Gasteiger partial charge is 0.487 e. The number of nitrogens with one attached hydrogen (secondary N) is 1. The van der Waals surface area contributed by atoms with Gasteiger partial charge in [0.2, 0.25) is 5.56 Å². The monoisotopic (exact) mass is 344 g/mol. The highest BCUT2D eigenvalue weighted by molar-refractivity contribution is 6.31. The predicted octanol–water partition coefficient (Wildman–Crippen LogP) is 3.64. The minimum Gasteiger partial charge on any atom is -0.487 e. The molecule has 0 saturated heterocycles. The second kappa shape index (κ2) is 7.45. The highest BCUT2D eigenvalue weighted by Crippen LogP contribution is 2.35. The third kappa shape index (κ3) is 3.57. The van der Waals surface area contributed by atoms with Crippen LogP contribution in [-0.2, 0) is 0 Å². The first-order valence-corrected chi connectivity index (χ1v) is 8.19. The van der Waals surface area contributed by atoms with Crippen molar-refractivity contribution in [1.82, 2.24) is 9.97 Å². The van der Waals surface area contributed by atoms with Crippen LogP contribution < -0.4 is 10.3 Å². The maximum absolute atomic E-state index is 11.3. The van der Waals surface area contributed by atoms with Gasteiger partial charge in [0.25, 0.3) is 0 Å². The Balaban J connectivity index is 1.88. The Kier molecular flexibility index (Phi) is 5.11. The Morgan fingerprint density at radius 1 is 1.33 bits per heavy atom. The molecule has 0 aliphatic heterocycles. The summed E-state index contributed by atoms with van der Waals surface area (Å²) in [5.74, 6) is 0.374. The minimum absolute atomic E-state index is 0.246. The van der Waals surface area contributed by atoms with Crippen molar-refractivity contribution in [3.8, 4) is 5.75 Å². The summed E-state index contributed by atoms with van der Waals surface area (Å²) in [5.41, 5.74) is 3.17. The van der Waals surface area contributed by atoms with Gasteiger partial charge in [-0.05, 0) is 42.9 Å². The van der Waals surface area contributed by atoms with E-state index in [9.17, 15) is 9.59 Å². The highest BCUT2D eigenvalue weighted by Gasteiger charge is 2.18. The average Bonchev–Trinajstić information content (AvgIpc) is 2.61. The van der Waals surface area contributed by atoms with Crippen molar-refractivity contribution in [2.75, 3.05) is 6.61 Å². The van der Waals surface area contributed by atoms with Crippen molar-refractivity contribution in [2.24, 2.45) is 0 Å². The van der Waals surface area contributed by atoms with Crippen molar-refractivity contribution < 1.29 is 9.53 Å². The third-order valence-electron chi connectivity index (χ3n) is 4.11. The van der Waals surface area contributed by atoms with Crippen LogP contribution in [0.4, 0.5) is 0 Å². The Labute approximate surface area is 144 Å². The summed E-state index contributed by atoms with van der Waals surface area (Å²) in [5, 5.41) is 0.490. The molecule has 0 saturated carbocycles. The second-order valence-electron chi connectivity index (χ2n) is 5.65. The van der Waals surface area contributed by atoms with Crippen LogP contribution in [0.1, 0.15) is 41.6 Å². The molecule has 3 rings (SSSR count). The zero-order valence-corrected chi connectivity index (χ0v) is 13.8. The Morgan fingerprint density at radius 2 is 2.17 bits per heavy atom. The van der Waals surface area contributed by atoms with E-state index in [4.69, 9.17) is 16.3 Å². The number of aromatic nitrogens is 2. The molecule has 0 spiro atoms. The van der Waals surface area contributed by atoms with Gasteiger partial charge in [0.05, 0.1) is 5.56 Å². The van der Waals surface area contributed by atoms with Gasteiger partial charge in [-0.2, -0.15) is 0 Å². The molecule has 0 radical (unpaired) electrons. The number of pyridine rings is 2. The van der Waals surface area contributed by atoms with E-state index in [0.29, 0.717) is 23.8 Å². The fourth-order valence-electron chi connectivity index (χ4n) is 2.92. The van der Waals surface area contributed by atoms with Gasteiger partial charge >= 0.3 is 0 Å². The molecule has 1 aliphatic rings. The number of hydrogen-bond donors (Lipinski definition) is 1. The maximum Gasteiger partial charge on any atom is 0.248 e. The van der Waals surface area contributed by atoms with Gasteiger partial charge in [-0.25, -0.2) is 4.98 Å². The number of carbonyl (C=O) groups is 1. The van der Waals surface area contributed by atoms with E-state index < -0.39 is 0 Å². The zero-order chi connectivity index (χ0) is 16.9. The molecule has 0 atom stereocenters. The summed E-state index contributed by atoms with van der Waals surface area (Å²) in [6, 6.07) is 5.07. The molecule has 124 valence electrons. The molecule has 0 aromatic carbocycles. The predicted molar refractivity (Wildman–Crippen MR) is 92.6 cm³/mol. The number of aromatic amines is 1. The van der Waals surface area contributed by atoms with Crippen molar-refractivity contribution in [1.29, 1.82) is 0 Å². The van der Waals surface area contributed by atoms with Gasteiger partial charge in [-0.3, -0.25) is 9.59 Å². The number of rotatable bonds is 5. The van der Waals surface area contributed by atoms with Crippen LogP contribution >= 0.6 is 11.6 Å². The molecule has 5 nitrogen and oxygen atoms in total. The molecule has 1 aliphatic carbocycles. The SMILES string of the molecule is O=Cc1cc(=O)[nH]cc1OCC1=C(c2cccnc2Cl)CCCC1. The topological polar surface area (TPSA) is 72.0 Å². The average molecular weight is 345 g/mol. The lowest BCUT2D eigenvalue weighted by Crippen LogP contribution is -2.12. The summed E-state index contributed by atoms with van der Waals surface area (Å²) in [6.45, 7) is 0.355. The van der Waals surface area contributed by atoms with Gasteiger partial charge in [0.1, 0.15) is 17.5 Å². The molecule has 0 unspecified atom stereocenters. The third-order valence-corrected chi connectivity index (χ3v) is 4.41. The lowest BCUT2D eigenvalue weighted by Gasteiger charge is -2.21. The van der Waals surface area contributed by atoms with Crippen molar-refractivity contribution in [2.45, 2.75) is 25.7 Å². The summed E-state index contributed by atoms with van der Waals surface area (Å²) >= 11 is 6.23. The number of hydrogen-bond acceptors (Lipinski definition) is 4. The van der Waals surface area contributed by atoms with E-state index >= 15 is 0 Å². The standard InChI is InChI=1S/C18H17ClN2O3/c19-18-15(6-3-7-20-18)14-5-2-1-4-12(14)11-24-16-9-21-17(23)8-13(16)10-22/h3,6-10H,1-2,4-5,11H2,(H,21,23). The molecule has 2 heterocycles. The minimum atomic E-state index is -0.329. The highest BCUT2D eigenvalue weighted by atomic mass is 35.5. The van der Waals surface area contributed by atoms with Crippen LogP contribution in [-0.4, -0.2) is 22.9 Å². The van der Waals surface area contributed by atoms with Crippen LogP contribution in [0.3, 0.4) is 0 Å². The van der Waals surface area contributed by atoms with Crippen LogP contribution in [0, 0.1) is 0 Å². The lowest BCUT2D eigenvalue weighted by atomic mass is 9.88. The molecule has 24 heavy (non-hydrogen) atoms. The lowest BCUT2D eigenvalue weighted by molar-refractivity contribution is 0.111. The van der Waals surface area contributed by atoms with Crippen molar-refractivity contribution >= 4 is 23.5 Å². The first-order valence-electron chi connectivity index (χ1n) is 7.81. The number of allylic oxidation sites excluding steroid dienone is 1. The van der Waals surface area contributed by atoms with Crippen molar-refractivity contribution in [3.05, 3.63) is 62.8 Å². The molecular formula is C18H17ClN2O3. The first kappa shape index (κ1) is 16.5. The molecule has 0 amide bonds.